The number of likely N-dealkylation sites (tertiary alicyclic amines) is 1. The van der Waals surface area contributed by atoms with Crippen molar-refractivity contribution >= 4 is 11.6 Å². The lowest BCUT2D eigenvalue weighted by atomic mass is 10.0. The molecule has 1 fully saturated rings. The molecule has 1 aliphatic rings. The molecule has 1 aromatic rings. The van der Waals surface area contributed by atoms with Gasteiger partial charge in [0.25, 0.3) is 0 Å². The monoisotopic (exact) mass is 331 g/mol. The first-order valence-corrected chi connectivity index (χ1v) is 9.25. The Morgan fingerprint density at radius 3 is 2.29 bits per heavy atom. The lowest BCUT2D eigenvalue weighted by Crippen LogP contribution is -2.40. The minimum absolute atomic E-state index is 0.164. The third kappa shape index (κ3) is 5.52. The summed E-state index contributed by atoms with van der Waals surface area (Å²) in [4.78, 5) is 16.7. The lowest BCUT2D eigenvalue weighted by molar-refractivity contribution is -0.122. The second-order valence-corrected chi connectivity index (χ2v) is 7.50. The fourth-order valence-corrected chi connectivity index (χ4v) is 3.34. The minimum Gasteiger partial charge on any atom is -0.378 e. The van der Waals surface area contributed by atoms with Crippen LogP contribution in [0, 0.1) is 5.92 Å². The number of hydrogen-bond donors (Lipinski definition) is 1. The second kappa shape index (κ2) is 9.07. The van der Waals surface area contributed by atoms with Gasteiger partial charge in [-0.25, -0.2) is 0 Å². The zero-order valence-corrected chi connectivity index (χ0v) is 15.7. The maximum absolute atomic E-state index is 12.1. The van der Waals surface area contributed by atoms with E-state index in [4.69, 9.17) is 0 Å². The average Bonchev–Trinajstić information content (AvgIpc) is 2.56. The predicted molar refractivity (Wildman–Crippen MR) is 101 cm³/mol. The Morgan fingerprint density at radius 1 is 1.12 bits per heavy atom. The second-order valence-electron chi connectivity index (χ2n) is 7.50. The van der Waals surface area contributed by atoms with Gasteiger partial charge in [0.05, 0.1) is 6.04 Å². The van der Waals surface area contributed by atoms with E-state index < -0.39 is 0 Å². The summed E-state index contributed by atoms with van der Waals surface area (Å²) >= 11 is 0. The number of carbonyl (C=O) groups is 1. The molecule has 1 atom stereocenters. The smallest absolute Gasteiger partial charge is 0.220 e. The van der Waals surface area contributed by atoms with Crippen molar-refractivity contribution in [2.24, 2.45) is 5.92 Å². The Labute approximate surface area is 147 Å². The molecule has 24 heavy (non-hydrogen) atoms. The minimum atomic E-state index is 0.164. The van der Waals surface area contributed by atoms with Gasteiger partial charge in [-0.2, -0.15) is 0 Å². The number of amides is 1. The number of piperidine rings is 1. The average molecular weight is 332 g/mol. The molecular weight excluding hydrogens is 298 g/mol. The van der Waals surface area contributed by atoms with Crippen LogP contribution >= 0.6 is 0 Å². The van der Waals surface area contributed by atoms with Gasteiger partial charge < -0.3 is 10.2 Å². The summed E-state index contributed by atoms with van der Waals surface area (Å²) in [6.45, 7) is 7.12. The quantitative estimate of drug-likeness (QED) is 0.831. The van der Waals surface area contributed by atoms with E-state index in [0.717, 1.165) is 13.1 Å². The van der Waals surface area contributed by atoms with Crippen molar-refractivity contribution in [3.8, 4) is 0 Å². The van der Waals surface area contributed by atoms with Crippen LogP contribution in [0.3, 0.4) is 0 Å². The molecule has 134 valence electrons. The Balaban J connectivity index is 2.08. The summed E-state index contributed by atoms with van der Waals surface area (Å²) in [5.41, 5.74) is 2.51. The zero-order valence-electron chi connectivity index (χ0n) is 15.7. The van der Waals surface area contributed by atoms with Crippen molar-refractivity contribution in [2.45, 2.75) is 45.6 Å². The molecule has 1 saturated heterocycles. The molecule has 1 unspecified atom stereocenters. The van der Waals surface area contributed by atoms with E-state index in [1.165, 1.54) is 30.5 Å². The van der Waals surface area contributed by atoms with Crippen molar-refractivity contribution in [3.63, 3.8) is 0 Å². The van der Waals surface area contributed by atoms with E-state index >= 15 is 0 Å². The van der Waals surface area contributed by atoms with E-state index in [2.05, 4.69) is 67.3 Å². The van der Waals surface area contributed by atoms with E-state index in [9.17, 15) is 4.79 Å². The first-order chi connectivity index (χ1) is 11.5. The van der Waals surface area contributed by atoms with Crippen molar-refractivity contribution in [1.29, 1.82) is 0 Å². The summed E-state index contributed by atoms with van der Waals surface area (Å²) in [6, 6.07) is 9.04. The van der Waals surface area contributed by atoms with Gasteiger partial charge in [0.15, 0.2) is 0 Å². The van der Waals surface area contributed by atoms with Crippen molar-refractivity contribution < 1.29 is 4.79 Å². The van der Waals surface area contributed by atoms with Gasteiger partial charge in [0.2, 0.25) is 5.91 Å². The van der Waals surface area contributed by atoms with E-state index in [-0.39, 0.29) is 11.9 Å². The molecule has 2 rings (SSSR count). The van der Waals surface area contributed by atoms with Crippen LogP contribution in [-0.2, 0) is 4.79 Å². The zero-order chi connectivity index (χ0) is 17.5. The highest BCUT2D eigenvalue weighted by molar-refractivity contribution is 5.76. The van der Waals surface area contributed by atoms with Crippen LogP contribution in [0.4, 0.5) is 5.69 Å². The molecule has 4 heteroatoms. The third-order valence-corrected chi connectivity index (χ3v) is 4.71. The van der Waals surface area contributed by atoms with Crippen LogP contribution in [0.2, 0.25) is 0 Å². The standard InChI is InChI=1S/C20H33N3O/c1-16(2)14-20(24)21-15-19(23-12-6-5-7-13-23)17-8-10-18(11-9-17)22(3)4/h8-11,16,19H,5-7,12-15H2,1-4H3,(H,21,24). The Hall–Kier alpha value is -1.55. The molecule has 0 aromatic heterocycles. The number of rotatable bonds is 7. The largest absolute Gasteiger partial charge is 0.378 e. The van der Waals surface area contributed by atoms with Crippen molar-refractivity contribution in [1.82, 2.24) is 10.2 Å². The highest BCUT2D eigenvalue weighted by Gasteiger charge is 2.23. The number of nitrogens with zero attached hydrogens (tertiary/aromatic N) is 2. The first kappa shape index (κ1) is 18.8. The van der Waals surface area contributed by atoms with Crippen LogP contribution in [0.15, 0.2) is 24.3 Å². The molecule has 1 amide bonds. The number of anilines is 1. The summed E-state index contributed by atoms with van der Waals surface area (Å²) in [5.74, 6) is 0.565. The molecule has 4 nitrogen and oxygen atoms in total. The molecule has 0 aliphatic carbocycles. The van der Waals surface area contributed by atoms with Gasteiger partial charge >= 0.3 is 0 Å². The summed E-state index contributed by atoms with van der Waals surface area (Å²) < 4.78 is 0. The molecular formula is C20H33N3O. The van der Waals surface area contributed by atoms with Crippen LogP contribution in [0.25, 0.3) is 0 Å². The number of nitrogens with one attached hydrogen (secondary N) is 1. The number of benzene rings is 1. The SMILES string of the molecule is CC(C)CC(=O)NCC(c1ccc(N(C)C)cc1)N1CCCCC1. The van der Waals surface area contributed by atoms with Crippen LogP contribution in [0.5, 0.6) is 0 Å². The van der Waals surface area contributed by atoms with Gasteiger partial charge in [-0.3, -0.25) is 9.69 Å². The molecule has 1 heterocycles. The highest BCUT2D eigenvalue weighted by Crippen LogP contribution is 2.26. The molecule has 0 spiro atoms. The molecule has 0 radical (unpaired) electrons. The van der Waals surface area contributed by atoms with Gasteiger partial charge in [0.1, 0.15) is 0 Å². The van der Waals surface area contributed by atoms with E-state index in [0.29, 0.717) is 18.9 Å². The maximum Gasteiger partial charge on any atom is 0.220 e. The Morgan fingerprint density at radius 2 is 1.75 bits per heavy atom. The number of hydrogen-bond acceptors (Lipinski definition) is 3. The lowest BCUT2D eigenvalue weighted by Gasteiger charge is -2.35. The van der Waals surface area contributed by atoms with Crippen molar-refractivity contribution in [2.75, 3.05) is 38.6 Å². The fourth-order valence-electron chi connectivity index (χ4n) is 3.34. The third-order valence-electron chi connectivity index (χ3n) is 4.71. The fraction of sp³-hybridized carbons (Fsp3) is 0.650. The summed E-state index contributed by atoms with van der Waals surface area (Å²) in [7, 11) is 4.12. The van der Waals surface area contributed by atoms with Gasteiger partial charge in [-0.15, -0.1) is 0 Å². The van der Waals surface area contributed by atoms with E-state index in [1.807, 2.05) is 0 Å². The molecule has 1 N–H and O–H groups in total. The van der Waals surface area contributed by atoms with Crippen LogP contribution in [0.1, 0.15) is 51.1 Å². The highest BCUT2D eigenvalue weighted by atomic mass is 16.1. The Kier molecular flexibility index (Phi) is 7.10. The predicted octanol–water partition coefficient (Wildman–Crippen LogP) is 3.44. The topological polar surface area (TPSA) is 35.6 Å². The molecule has 1 aliphatic heterocycles. The first-order valence-electron chi connectivity index (χ1n) is 9.25. The van der Waals surface area contributed by atoms with Crippen LogP contribution in [-0.4, -0.2) is 44.5 Å². The van der Waals surface area contributed by atoms with Crippen LogP contribution < -0.4 is 10.2 Å². The Bertz CT molecular complexity index is 504. The van der Waals surface area contributed by atoms with Gasteiger partial charge in [-0.05, 0) is 49.5 Å². The van der Waals surface area contributed by atoms with Gasteiger partial charge in [0, 0.05) is 32.7 Å². The summed E-state index contributed by atoms with van der Waals surface area (Å²) in [6.07, 6.45) is 4.44. The van der Waals surface area contributed by atoms with Crippen molar-refractivity contribution in [3.05, 3.63) is 29.8 Å². The molecule has 0 bridgehead atoms. The molecule has 1 aromatic carbocycles. The van der Waals surface area contributed by atoms with Gasteiger partial charge in [-0.1, -0.05) is 32.4 Å². The summed E-state index contributed by atoms with van der Waals surface area (Å²) in [5, 5.41) is 3.16. The normalized spacial score (nSPS) is 16.9. The molecule has 0 saturated carbocycles. The maximum atomic E-state index is 12.1. The van der Waals surface area contributed by atoms with E-state index in [1.54, 1.807) is 0 Å². The number of carbonyl (C=O) groups excluding carboxylic acids is 1.